The number of ether oxygens (including phenoxy) is 1. The van der Waals surface area contributed by atoms with Crippen molar-refractivity contribution < 1.29 is 44.3 Å². The second kappa shape index (κ2) is 14.6. The lowest BCUT2D eigenvalue weighted by Crippen LogP contribution is -2.38. The predicted octanol–water partition coefficient (Wildman–Crippen LogP) is -0.808. The van der Waals surface area contributed by atoms with E-state index < -0.39 is 55.7 Å². The number of benzene rings is 1. The van der Waals surface area contributed by atoms with E-state index in [0.29, 0.717) is 7.14 Å². The molecule has 1 rings (SSSR count). The van der Waals surface area contributed by atoms with Crippen LogP contribution in [0.5, 0.6) is 0 Å². The van der Waals surface area contributed by atoms with Gasteiger partial charge in [-0.2, -0.15) is 0 Å². The third-order valence-corrected chi connectivity index (χ3v) is 7.45. The van der Waals surface area contributed by atoms with Crippen molar-refractivity contribution in [1.29, 1.82) is 0 Å². The number of aliphatic hydroxyl groups is 4. The normalized spacial score (nSPS) is 12.5. The molecule has 0 spiro atoms. The van der Waals surface area contributed by atoms with E-state index in [2.05, 4.69) is 10.6 Å². The number of hydrogen-bond donors (Lipinski definition) is 6. The fourth-order valence-electron chi connectivity index (χ4n) is 2.46. The van der Waals surface area contributed by atoms with E-state index in [1.165, 1.54) is 7.05 Å². The molecular weight excluding hydrogens is 795 g/mol. The number of rotatable bonds is 11. The molecule has 3 amide bonds. The van der Waals surface area contributed by atoms with Crippen LogP contribution in [-0.2, 0) is 14.3 Å². The van der Waals surface area contributed by atoms with E-state index in [4.69, 9.17) is 14.9 Å². The number of anilines is 1. The molecule has 0 fully saturated rings. The first kappa shape index (κ1) is 31.2. The standard InChI is InChI=1S/C19H24I3N3O9/c1-8(28)34-7-11(31)25(2)17-15(21)12(18(32)23-3-9(29)5-26)14(20)13(16(17)22)19(33)24-4-10(30)6-27/h9-10,26-27,29-30H,3-7H2,1-2H3,(H,23,32)(H,24,33). The van der Waals surface area contributed by atoms with Crippen molar-refractivity contribution in [3.63, 3.8) is 0 Å². The van der Waals surface area contributed by atoms with Crippen LogP contribution in [0.2, 0.25) is 0 Å². The maximum Gasteiger partial charge on any atom is 0.303 e. The highest BCUT2D eigenvalue weighted by Gasteiger charge is 2.31. The molecule has 2 atom stereocenters. The first-order chi connectivity index (χ1) is 15.9. The van der Waals surface area contributed by atoms with Gasteiger partial charge in [-0.25, -0.2) is 0 Å². The van der Waals surface area contributed by atoms with E-state index in [1.807, 2.05) is 67.8 Å². The summed E-state index contributed by atoms with van der Waals surface area (Å²) >= 11 is 5.52. The first-order valence-corrected chi connectivity index (χ1v) is 12.8. The average molecular weight is 819 g/mol. The highest BCUT2D eigenvalue weighted by molar-refractivity contribution is 14.1. The van der Waals surface area contributed by atoms with Crippen LogP contribution in [0.25, 0.3) is 0 Å². The summed E-state index contributed by atoms with van der Waals surface area (Å²) in [4.78, 5) is 50.8. The minimum Gasteiger partial charge on any atom is -0.456 e. The van der Waals surface area contributed by atoms with Crippen molar-refractivity contribution in [2.45, 2.75) is 19.1 Å². The number of esters is 1. The number of carbonyl (C=O) groups excluding carboxylic acids is 4. The van der Waals surface area contributed by atoms with Gasteiger partial charge in [0.15, 0.2) is 6.61 Å². The molecular formula is C19H24I3N3O9. The summed E-state index contributed by atoms with van der Waals surface area (Å²) in [5, 5.41) is 42.1. The maximum atomic E-state index is 13.0. The summed E-state index contributed by atoms with van der Waals surface area (Å²) in [6.45, 7) is -1.06. The van der Waals surface area contributed by atoms with Crippen LogP contribution in [0.1, 0.15) is 27.6 Å². The summed E-state index contributed by atoms with van der Waals surface area (Å²) in [7, 11) is 1.40. The van der Waals surface area contributed by atoms with Crippen molar-refractivity contribution in [3.8, 4) is 0 Å². The number of aliphatic hydroxyl groups excluding tert-OH is 4. The second-order valence-electron chi connectivity index (χ2n) is 6.87. The van der Waals surface area contributed by atoms with Gasteiger partial charge in [-0.3, -0.25) is 19.2 Å². The number of carbonyl (C=O) groups is 4. The smallest absolute Gasteiger partial charge is 0.303 e. The Morgan fingerprint density at radius 2 is 1.29 bits per heavy atom. The summed E-state index contributed by atoms with van der Waals surface area (Å²) in [6.07, 6.45) is -2.39. The molecule has 15 heteroatoms. The van der Waals surface area contributed by atoms with Crippen LogP contribution in [0.15, 0.2) is 0 Å². The molecule has 0 aliphatic rings. The lowest BCUT2D eigenvalue weighted by Gasteiger charge is -2.25. The average Bonchev–Trinajstić information content (AvgIpc) is 2.78. The summed E-state index contributed by atoms with van der Waals surface area (Å²) in [5.41, 5.74) is 0.294. The number of nitrogens with one attached hydrogen (secondary N) is 2. The van der Waals surface area contributed by atoms with Crippen LogP contribution < -0.4 is 15.5 Å². The molecule has 0 saturated heterocycles. The van der Waals surface area contributed by atoms with Gasteiger partial charge < -0.3 is 40.7 Å². The molecule has 12 nitrogen and oxygen atoms in total. The Labute approximate surface area is 236 Å². The Bertz CT molecular complexity index is 892. The van der Waals surface area contributed by atoms with E-state index in [0.717, 1.165) is 11.8 Å². The van der Waals surface area contributed by atoms with Gasteiger partial charge in [0.2, 0.25) is 0 Å². The van der Waals surface area contributed by atoms with Crippen molar-refractivity contribution in [2.75, 3.05) is 44.9 Å². The van der Waals surface area contributed by atoms with Gasteiger partial charge in [-0.1, -0.05) is 0 Å². The highest BCUT2D eigenvalue weighted by Crippen LogP contribution is 2.37. The molecule has 1 aromatic carbocycles. The maximum absolute atomic E-state index is 13.0. The zero-order valence-electron chi connectivity index (χ0n) is 18.1. The van der Waals surface area contributed by atoms with Gasteiger partial charge in [0.05, 0.1) is 49.4 Å². The quantitative estimate of drug-likeness (QED) is 0.123. The molecule has 0 heterocycles. The summed E-state index contributed by atoms with van der Waals surface area (Å²) < 4.78 is 5.63. The number of hydrogen-bond acceptors (Lipinski definition) is 9. The van der Waals surface area contributed by atoms with Crippen molar-refractivity contribution in [1.82, 2.24) is 10.6 Å². The van der Waals surface area contributed by atoms with E-state index in [9.17, 15) is 29.4 Å². The van der Waals surface area contributed by atoms with Crippen molar-refractivity contribution >= 4 is 97.2 Å². The van der Waals surface area contributed by atoms with Crippen molar-refractivity contribution in [3.05, 3.63) is 21.8 Å². The Kier molecular flexibility index (Phi) is 13.4. The van der Waals surface area contributed by atoms with Gasteiger partial charge in [0.1, 0.15) is 0 Å². The SMILES string of the molecule is CC(=O)OCC(=O)N(C)c1c(I)c(C(=O)NCC(O)CO)c(I)c(C(=O)NCC(O)CO)c1I. The Balaban J connectivity index is 3.59. The van der Waals surface area contributed by atoms with Gasteiger partial charge >= 0.3 is 5.97 Å². The monoisotopic (exact) mass is 819 g/mol. The Morgan fingerprint density at radius 3 is 1.65 bits per heavy atom. The Hall–Kier alpha value is -0.870. The van der Waals surface area contributed by atoms with E-state index >= 15 is 0 Å². The molecule has 6 N–H and O–H groups in total. The van der Waals surface area contributed by atoms with Gasteiger partial charge in [-0.15, -0.1) is 0 Å². The zero-order chi connectivity index (χ0) is 26.2. The number of halogens is 3. The molecule has 1 aromatic rings. The zero-order valence-corrected chi connectivity index (χ0v) is 24.6. The van der Waals surface area contributed by atoms with Crippen LogP contribution >= 0.6 is 67.8 Å². The lowest BCUT2D eigenvalue weighted by atomic mass is 10.1. The molecule has 0 aliphatic carbocycles. The molecule has 0 aliphatic heterocycles. The molecule has 0 radical (unpaired) electrons. The molecule has 34 heavy (non-hydrogen) atoms. The molecule has 0 aromatic heterocycles. The number of nitrogens with zero attached hydrogens (tertiary/aromatic N) is 1. The minimum atomic E-state index is -1.20. The number of amides is 3. The van der Waals surface area contributed by atoms with Crippen LogP contribution in [0, 0.1) is 10.7 Å². The molecule has 190 valence electrons. The third-order valence-electron chi connectivity index (χ3n) is 4.27. The predicted molar refractivity (Wildman–Crippen MR) is 145 cm³/mol. The fraction of sp³-hybridized carbons (Fsp3) is 0.474. The lowest BCUT2D eigenvalue weighted by molar-refractivity contribution is -0.145. The topological polar surface area (TPSA) is 186 Å². The number of likely N-dealkylation sites (N-methyl/N-ethyl adjacent to an activating group) is 1. The highest BCUT2D eigenvalue weighted by atomic mass is 127. The largest absolute Gasteiger partial charge is 0.456 e. The minimum absolute atomic E-state index is 0.0433. The molecule has 0 saturated carbocycles. The van der Waals surface area contributed by atoms with Crippen LogP contribution in [0.3, 0.4) is 0 Å². The summed E-state index contributed by atoms with van der Waals surface area (Å²) in [5.74, 6) is -2.59. The van der Waals surface area contributed by atoms with Crippen LogP contribution in [0.4, 0.5) is 5.69 Å². The van der Waals surface area contributed by atoms with Gasteiger partial charge in [-0.05, 0) is 67.8 Å². The third kappa shape index (κ3) is 8.36. The first-order valence-electron chi connectivity index (χ1n) is 9.61. The second-order valence-corrected chi connectivity index (χ2v) is 10.1. The Morgan fingerprint density at radius 1 is 0.882 bits per heavy atom. The van der Waals surface area contributed by atoms with Crippen molar-refractivity contribution in [2.24, 2.45) is 0 Å². The summed E-state index contributed by atoms with van der Waals surface area (Å²) in [6, 6.07) is 0. The van der Waals surface area contributed by atoms with Crippen LogP contribution in [-0.4, -0.2) is 96.3 Å². The molecule has 0 bridgehead atoms. The molecule has 2 unspecified atom stereocenters. The van der Waals surface area contributed by atoms with Gasteiger partial charge in [0, 0.05) is 30.6 Å². The fourth-order valence-corrected chi connectivity index (χ4v) is 7.33. The van der Waals surface area contributed by atoms with E-state index in [-0.39, 0.29) is 33.5 Å². The van der Waals surface area contributed by atoms with Gasteiger partial charge in [0.25, 0.3) is 17.7 Å². The van der Waals surface area contributed by atoms with E-state index in [1.54, 1.807) is 0 Å².